The van der Waals surface area contributed by atoms with Crippen LogP contribution in [0.3, 0.4) is 0 Å². The molecule has 106 valence electrons. The Morgan fingerprint density at radius 1 is 1.32 bits per heavy atom. The number of anilines is 1. The minimum atomic E-state index is -1.60. The highest BCUT2D eigenvalue weighted by Gasteiger charge is 2.16. The summed E-state index contributed by atoms with van der Waals surface area (Å²) in [6.07, 6.45) is 0. The Labute approximate surface area is 113 Å². The van der Waals surface area contributed by atoms with Crippen LogP contribution in [0.2, 0.25) is 0 Å². The van der Waals surface area contributed by atoms with Gasteiger partial charge in [-0.2, -0.15) is 11.8 Å². The Bertz CT molecular complexity index is 475. The van der Waals surface area contributed by atoms with E-state index < -0.39 is 28.9 Å². The lowest BCUT2D eigenvalue weighted by Gasteiger charge is -2.17. The average Bonchev–Trinajstić information content (AvgIpc) is 2.28. The fourth-order valence-corrected chi connectivity index (χ4v) is 2.10. The summed E-state index contributed by atoms with van der Waals surface area (Å²) in [5.74, 6) is -4.21. The molecule has 0 saturated carbocycles. The van der Waals surface area contributed by atoms with Crippen LogP contribution in [0.4, 0.5) is 18.9 Å². The summed E-state index contributed by atoms with van der Waals surface area (Å²) in [5.41, 5.74) is 4.93. The highest BCUT2D eigenvalue weighted by Crippen LogP contribution is 2.20. The van der Waals surface area contributed by atoms with E-state index in [1.54, 1.807) is 0 Å². The maximum Gasteiger partial charge on any atom is 0.234 e. The lowest BCUT2D eigenvalue weighted by Crippen LogP contribution is -2.35. The van der Waals surface area contributed by atoms with Crippen molar-refractivity contribution < 1.29 is 18.0 Å². The van der Waals surface area contributed by atoms with Crippen LogP contribution in [0, 0.1) is 17.5 Å². The number of carbonyl (C=O) groups excluding carboxylic acids is 1. The summed E-state index contributed by atoms with van der Waals surface area (Å²) in [6, 6.07) is 1.73. The molecule has 1 aromatic rings. The summed E-state index contributed by atoms with van der Waals surface area (Å²) >= 11 is 1.27. The zero-order chi connectivity index (χ0) is 14.6. The molecule has 0 radical (unpaired) electrons. The zero-order valence-corrected chi connectivity index (χ0v) is 11.4. The molecule has 1 rings (SSSR count). The van der Waals surface area contributed by atoms with Crippen molar-refractivity contribution in [2.75, 3.05) is 16.8 Å². The summed E-state index contributed by atoms with van der Waals surface area (Å²) < 4.78 is 38.9. The SMILES string of the molecule is CC(C)(N)CSCC(=O)Nc1ccc(F)c(F)c1F. The summed E-state index contributed by atoms with van der Waals surface area (Å²) in [5, 5.41) is 2.18. The van der Waals surface area contributed by atoms with Gasteiger partial charge in [0.05, 0.1) is 11.4 Å². The number of halogens is 3. The van der Waals surface area contributed by atoms with E-state index in [1.165, 1.54) is 11.8 Å². The third-order valence-corrected chi connectivity index (χ3v) is 3.43. The number of benzene rings is 1. The van der Waals surface area contributed by atoms with Crippen LogP contribution < -0.4 is 11.1 Å². The van der Waals surface area contributed by atoms with Crippen LogP contribution in [0.1, 0.15) is 13.8 Å². The largest absolute Gasteiger partial charge is 0.325 e. The van der Waals surface area contributed by atoms with Crippen molar-refractivity contribution in [2.24, 2.45) is 5.73 Å². The van der Waals surface area contributed by atoms with E-state index in [9.17, 15) is 18.0 Å². The number of hydrogen-bond donors (Lipinski definition) is 2. The molecule has 0 heterocycles. The van der Waals surface area contributed by atoms with Crippen LogP contribution in [0.5, 0.6) is 0 Å². The Morgan fingerprint density at radius 2 is 1.95 bits per heavy atom. The molecular weight excluding hydrogens is 277 g/mol. The van der Waals surface area contributed by atoms with Gasteiger partial charge in [-0.05, 0) is 26.0 Å². The van der Waals surface area contributed by atoms with E-state index >= 15 is 0 Å². The molecule has 1 aromatic carbocycles. The van der Waals surface area contributed by atoms with Gasteiger partial charge in [0.25, 0.3) is 0 Å². The topological polar surface area (TPSA) is 55.1 Å². The van der Waals surface area contributed by atoms with Crippen molar-refractivity contribution in [3.8, 4) is 0 Å². The average molecular weight is 292 g/mol. The summed E-state index contributed by atoms with van der Waals surface area (Å²) in [6.45, 7) is 3.62. The second-order valence-corrected chi connectivity index (χ2v) is 5.74. The van der Waals surface area contributed by atoms with E-state index in [-0.39, 0.29) is 11.4 Å². The minimum absolute atomic E-state index is 0.0546. The quantitative estimate of drug-likeness (QED) is 0.820. The second-order valence-electron chi connectivity index (χ2n) is 4.75. The highest BCUT2D eigenvalue weighted by atomic mass is 32.2. The number of nitrogens with one attached hydrogen (secondary N) is 1. The number of nitrogens with two attached hydrogens (primary N) is 1. The van der Waals surface area contributed by atoms with Gasteiger partial charge in [-0.3, -0.25) is 4.79 Å². The van der Waals surface area contributed by atoms with Crippen molar-refractivity contribution in [1.82, 2.24) is 0 Å². The monoisotopic (exact) mass is 292 g/mol. The van der Waals surface area contributed by atoms with E-state index in [0.29, 0.717) is 5.75 Å². The van der Waals surface area contributed by atoms with Gasteiger partial charge in [-0.1, -0.05) is 0 Å². The molecule has 1 amide bonds. The van der Waals surface area contributed by atoms with Gasteiger partial charge in [-0.25, -0.2) is 13.2 Å². The predicted octanol–water partition coefficient (Wildman–Crippen LogP) is 2.51. The fourth-order valence-electron chi connectivity index (χ4n) is 1.22. The molecule has 0 aliphatic carbocycles. The Hall–Kier alpha value is -1.21. The molecule has 0 saturated heterocycles. The first kappa shape index (κ1) is 15.8. The lowest BCUT2D eigenvalue weighted by molar-refractivity contribution is -0.113. The number of carbonyl (C=O) groups is 1. The van der Waals surface area contributed by atoms with Crippen molar-refractivity contribution >= 4 is 23.4 Å². The standard InChI is InChI=1S/C12H15F3N2OS/c1-12(2,16)6-19-5-9(18)17-8-4-3-7(13)10(14)11(8)15/h3-4H,5-6,16H2,1-2H3,(H,17,18). The van der Waals surface area contributed by atoms with Crippen LogP contribution in [0.15, 0.2) is 12.1 Å². The van der Waals surface area contributed by atoms with Crippen molar-refractivity contribution in [1.29, 1.82) is 0 Å². The van der Waals surface area contributed by atoms with Crippen LogP contribution in [-0.4, -0.2) is 23.0 Å². The highest BCUT2D eigenvalue weighted by molar-refractivity contribution is 8.00. The molecule has 0 aliphatic rings. The third kappa shape index (κ3) is 5.12. The van der Waals surface area contributed by atoms with E-state index in [2.05, 4.69) is 5.32 Å². The van der Waals surface area contributed by atoms with E-state index in [1.807, 2.05) is 13.8 Å². The number of amides is 1. The van der Waals surface area contributed by atoms with Crippen molar-refractivity contribution in [3.05, 3.63) is 29.6 Å². The molecule has 0 aliphatic heterocycles. The molecule has 0 atom stereocenters. The van der Waals surface area contributed by atoms with E-state index in [4.69, 9.17) is 5.73 Å². The van der Waals surface area contributed by atoms with Gasteiger partial charge >= 0.3 is 0 Å². The summed E-state index contributed by atoms with van der Waals surface area (Å²) in [4.78, 5) is 11.5. The first-order valence-electron chi connectivity index (χ1n) is 5.50. The van der Waals surface area contributed by atoms with Gasteiger partial charge in [-0.15, -0.1) is 0 Å². The maximum atomic E-state index is 13.3. The normalized spacial score (nSPS) is 11.5. The molecule has 3 nitrogen and oxygen atoms in total. The molecular formula is C12H15F3N2OS. The molecule has 0 unspecified atom stereocenters. The first-order valence-corrected chi connectivity index (χ1v) is 6.66. The fraction of sp³-hybridized carbons (Fsp3) is 0.417. The lowest BCUT2D eigenvalue weighted by atomic mass is 10.1. The zero-order valence-electron chi connectivity index (χ0n) is 10.6. The van der Waals surface area contributed by atoms with Crippen molar-refractivity contribution in [3.63, 3.8) is 0 Å². The minimum Gasteiger partial charge on any atom is -0.325 e. The Morgan fingerprint density at radius 3 is 2.53 bits per heavy atom. The Balaban J connectivity index is 2.56. The number of thioether (sulfide) groups is 1. The van der Waals surface area contributed by atoms with Crippen LogP contribution in [-0.2, 0) is 4.79 Å². The smallest absolute Gasteiger partial charge is 0.234 e. The van der Waals surface area contributed by atoms with Gasteiger partial charge < -0.3 is 11.1 Å². The molecule has 0 bridgehead atoms. The Kier molecular flexibility index (Phi) is 5.25. The predicted molar refractivity (Wildman–Crippen MR) is 70.5 cm³/mol. The molecule has 3 N–H and O–H groups in total. The van der Waals surface area contributed by atoms with Crippen LogP contribution >= 0.6 is 11.8 Å². The molecule has 0 spiro atoms. The van der Waals surface area contributed by atoms with Crippen molar-refractivity contribution in [2.45, 2.75) is 19.4 Å². The number of hydrogen-bond acceptors (Lipinski definition) is 3. The molecule has 19 heavy (non-hydrogen) atoms. The van der Waals surface area contributed by atoms with Gasteiger partial charge in [0, 0.05) is 11.3 Å². The molecule has 0 fully saturated rings. The third-order valence-electron chi connectivity index (χ3n) is 2.02. The summed E-state index contributed by atoms with van der Waals surface area (Å²) in [7, 11) is 0. The first-order chi connectivity index (χ1) is 8.70. The number of rotatable bonds is 5. The van der Waals surface area contributed by atoms with Gasteiger partial charge in [0.15, 0.2) is 17.5 Å². The van der Waals surface area contributed by atoms with Gasteiger partial charge in [0.1, 0.15) is 0 Å². The second kappa shape index (κ2) is 6.29. The maximum absolute atomic E-state index is 13.3. The molecule has 0 aromatic heterocycles. The van der Waals surface area contributed by atoms with Crippen LogP contribution in [0.25, 0.3) is 0 Å². The van der Waals surface area contributed by atoms with E-state index in [0.717, 1.165) is 12.1 Å². The van der Waals surface area contributed by atoms with Gasteiger partial charge in [0.2, 0.25) is 5.91 Å². The molecule has 7 heteroatoms.